The number of piperazine rings is 1. The van der Waals surface area contributed by atoms with Crippen molar-refractivity contribution >= 4 is 12.1 Å². The number of aromatic nitrogens is 1. The van der Waals surface area contributed by atoms with Gasteiger partial charge in [-0.1, -0.05) is 76.8 Å². The van der Waals surface area contributed by atoms with Gasteiger partial charge in [-0.3, -0.25) is 14.7 Å². The number of hydrogen-bond acceptors (Lipinski definition) is 7. The van der Waals surface area contributed by atoms with Crippen molar-refractivity contribution in [1.82, 2.24) is 14.8 Å². The number of rotatable bonds is 6. The summed E-state index contributed by atoms with van der Waals surface area (Å²) in [7, 11) is 0. The zero-order valence-electron chi connectivity index (χ0n) is 29.6. The van der Waals surface area contributed by atoms with Gasteiger partial charge in [0.25, 0.3) is 0 Å². The van der Waals surface area contributed by atoms with Crippen LogP contribution < -0.4 is 0 Å². The van der Waals surface area contributed by atoms with E-state index in [1.54, 1.807) is 24.1 Å². The van der Waals surface area contributed by atoms with Crippen molar-refractivity contribution in [2.24, 2.45) is 11.8 Å². The second-order valence-corrected chi connectivity index (χ2v) is 14.7. The van der Waals surface area contributed by atoms with E-state index in [2.05, 4.69) is 29.8 Å². The van der Waals surface area contributed by atoms with Gasteiger partial charge >= 0.3 is 12.1 Å². The number of cyclic esters (lactones) is 1. The number of carbonyl (C=O) groups excluding carboxylic acids is 2. The van der Waals surface area contributed by atoms with E-state index in [0.29, 0.717) is 32.0 Å². The molecule has 1 saturated carbocycles. The van der Waals surface area contributed by atoms with Crippen molar-refractivity contribution in [3.63, 3.8) is 0 Å². The summed E-state index contributed by atoms with van der Waals surface area (Å²) in [5.74, 6) is -0.322. The Balaban J connectivity index is 1.47. The standard InChI is InChI=1S/C39H59N3O5/c1-28-21-22-39(6,45)35(46-38(44)41-24-25-42(32(5)27-41)33-16-9-7-8-10-17-33)20-19-31(4)37(47-36(43)26-28)30(3)15-13-14-29(2)34-18-11-12-23-40-34/h11-15,18-20,23,28-29,31-33,35,37,45H,7-10,16-17,21-22,24-27H2,1-6H3/b14-13+,20-19+,30-15+/t28-,29-,31+,32?,35+,37-,39-/m1/s1. The molecule has 3 heterocycles. The summed E-state index contributed by atoms with van der Waals surface area (Å²) < 4.78 is 12.2. The predicted molar refractivity (Wildman–Crippen MR) is 187 cm³/mol. The van der Waals surface area contributed by atoms with E-state index in [9.17, 15) is 14.7 Å². The molecule has 0 bridgehead atoms. The Morgan fingerprint density at radius 1 is 1.11 bits per heavy atom. The Morgan fingerprint density at radius 2 is 1.85 bits per heavy atom. The fourth-order valence-electron chi connectivity index (χ4n) is 7.29. The third-order valence-electron chi connectivity index (χ3n) is 10.4. The lowest BCUT2D eigenvalue weighted by Crippen LogP contribution is -2.57. The highest BCUT2D eigenvalue weighted by Crippen LogP contribution is 2.30. The van der Waals surface area contributed by atoms with Crippen LogP contribution in [-0.4, -0.2) is 81.5 Å². The number of pyridine rings is 1. The Hall–Kier alpha value is -2.97. The SMILES string of the molecule is C/C(=C\C=C\[C@@H](C)c1ccccn1)[C@H]1OC(=O)C[C@H](C)CC[C@@](C)(O)[C@@H](OC(=O)N2CCN(C3CCCCCC3)C(C)C2)/C=C/[C@@H]1C. The van der Waals surface area contributed by atoms with E-state index >= 15 is 0 Å². The maximum atomic E-state index is 13.6. The minimum atomic E-state index is -1.29. The average molecular weight is 650 g/mol. The fourth-order valence-corrected chi connectivity index (χ4v) is 7.29. The molecule has 8 nitrogen and oxygen atoms in total. The number of aliphatic hydroxyl groups is 1. The summed E-state index contributed by atoms with van der Waals surface area (Å²) in [5, 5.41) is 11.7. The van der Waals surface area contributed by atoms with Crippen LogP contribution in [0.1, 0.15) is 111 Å². The molecule has 1 aromatic heterocycles. The third-order valence-corrected chi connectivity index (χ3v) is 10.4. The van der Waals surface area contributed by atoms with Crippen molar-refractivity contribution < 1.29 is 24.2 Å². The molecule has 1 N–H and O–H groups in total. The molecule has 8 heteroatoms. The number of carbonyl (C=O) groups is 2. The maximum Gasteiger partial charge on any atom is 0.410 e. The van der Waals surface area contributed by atoms with E-state index in [1.807, 2.05) is 57.2 Å². The van der Waals surface area contributed by atoms with Crippen LogP contribution in [0.15, 0.2) is 60.3 Å². The Kier molecular flexibility index (Phi) is 13.7. The molecule has 3 aliphatic rings. The van der Waals surface area contributed by atoms with Crippen LogP contribution in [0.5, 0.6) is 0 Å². The smallest absolute Gasteiger partial charge is 0.410 e. The predicted octanol–water partition coefficient (Wildman–Crippen LogP) is 7.60. The molecule has 260 valence electrons. The molecule has 0 spiro atoms. The molecule has 47 heavy (non-hydrogen) atoms. The first-order valence-corrected chi connectivity index (χ1v) is 18.0. The molecule has 1 amide bonds. The lowest BCUT2D eigenvalue weighted by atomic mass is 9.87. The number of ether oxygens (including phenoxy) is 2. The zero-order valence-corrected chi connectivity index (χ0v) is 29.6. The second-order valence-electron chi connectivity index (χ2n) is 14.7. The van der Waals surface area contributed by atoms with Gasteiger partial charge in [-0.2, -0.15) is 0 Å². The minimum Gasteiger partial charge on any atom is -0.457 e. The average Bonchev–Trinajstić information content (AvgIpc) is 3.33. The number of esters is 1. The highest BCUT2D eigenvalue weighted by molar-refractivity contribution is 5.70. The minimum absolute atomic E-state index is 0.00556. The summed E-state index contributed by atoms with van der Waals surface area (Å²) in [6.45, 7) is 14.1. The van der Waals surface area contributed by atoms with Crippen molar-refractivity contribution in [3.8, 4) is 0 Å². The summed E-state index contributed by atoms with van der Waals surface area (Å²) in [6.07, 6.45) is 18.8. The van der Waals surface area contributed by atoms with Crippen molar-refractivity contribution in [2.75, 3.05) is 19.6 Å². The molecule has 4 rings (SSSR count). The van der Waals surface area contributed by atoms with Gasteiger partial charge in [-0.15, -0.1) is 0 Å². The molecule has 1 saturated heterocycles. The first-order valence-electron chi connectivity index (χ1n) is 18.0. The van der Waals surface area contributed by atoms with Crippen molar-refractivity contribution in [2.45, 2.75) is 135 Å². The number of amides is 1. The Bertz CT molecular complexity index is 1240. The van der Waals surface area contributed by atoms with Gasteiger partial charge in [0.1, 0.15) is 11.7 Å². The van der Waals surface area contributed by atoms with Gasteiger partial charge in [-0.25, -0.2) is 4.79 Å². The summed E-state index contributed by atoms with van der Waals surface area (Å²) in [4.78, 5) is 35.4. The number of nitrogens with zero attached hydrogens (tertiary/aromatic N) is 3. The van der Waals surface area contributed by atoms with Crippen LogP contribution in [0, 0.1) is 11.8 Å². The highest BCUT2D eigenvalue weighted by atomic mass is 16.6. The first kappa shape index (κ1) is 36.9. The fraction of sp³-hybridized carbons (Fsp3) is 0.667. The molecule has 2 fully saturated rings. The monoisotopic (exact) mass is 649 g/mol. The van der Waals surface area contributed by atoms with Gasteiger partial charge in [0.05, 0.1) is 0 Å². The molecule has 7 atom stereocenters. The Morgan fingerprint density at radius 3 is 2.53 bits per heavy atom. The quantitative estimate of drug-likeness (QED) is 0.147. The van der Waals surface area contributed by atoms with Crippen LogP contribution in [0.3, 0.4) is 0 Å². The summed E-state index contributed by atoms with van der Waals surface area (Å²) in [6, 6.07) is 6.75. The van der Waals surface area contributed by atoms with Crippen LogP contribution in [0.2, 0.25) is 0 Å². The highest BCUT2D eigenvalue weighted by Gasteiger charge is 2.38. The number of hydrogen-bond donors (Lipinski definition) is 1. The molecule has 1 aromatic rings. The van der Waals surface area contributed by atoms with Crippen LogP contribution in [0.25, 0.3) is 0 Å². The van der Waals surface area contributed by atoms with Crippen molar-refractivity contribution in [1.29, 1.82) is 0 Å². The summed E-state index contributed by atoms with van der Waals surface area (Å²) >= 11 is 0. The van der Waals surface area contributed by atoms with E-state index in [0.717, 1.165) is 17.8 Å². The van der Waals surface area contributed by atoms with Crippen molar-refractivity contribution in [3.05, 3.63) is 66.0 Å². The van der Waals surface area contributed by atoms with E-state index in [4.69, 9.17) is 9.47 Å². The molecule has 2 aliphatic heterocycles. The molecule has 0 radical (unpaired) electrons. The van der Waals surface area contributed by atoms with Gasteiger partial charge < -0.3 is 19.5 Å². The van der Waals surface area contributed by atoms with Gasteiger partial charge in [0.15, 0.2) is 6.10 Å². The Labute approximate surface area is 283 Å². The molecule has 0 aromatic carbocycles. The molecular formula is C39H59N3O5. The van der Waals surface area contributed by atoms with E-state index in [-0.39, 0.29) is 42.3 Å². The largest absolute Gasteiger partial charge is 0.457 e. The second kappa shape index (κ2) is 17.4. The van der Waals surface area contributed by atoms with E-state index in [1.165, 1.54) is 38.5 Å². The summed E-state index contributed by atoms with van der Waals surface area (Å²) in [5.41, 5.74) is 0.605. The third kappa shape index (κ3) is 10.8. The number of allylic oxidation sites excluding steroid dienone is 3. The van der Waals surface area contributed by atoms with Crippen LogP contribution >= 0.6 is 0 Å². The normalized spacial score (nSPS) is 32.5. The van der Waals surface area contributed by atoms with Crippen LogP contribution in [-0.2, 0) is 14.3 Å². The molecular weight excluding hydrogens is 590 g/mol. The van der Waals surface area contributed by atoms with Gasteiger partial charge in [0.2, 0.25) is 0 Å². The van der Waals surface area contributed by atoms with Gasteiger partial charge in [0, 0.05) is 61.9 Å². The lowest BCUT2D eigenvalue weighted by molar-refractivity contribution is -0.150. The maximum absolute atomic E-state index is 13.6. The first-order chi connectivity index (χ1) is 22.4. The molecule has 1 unspecified atom stereocenters. The van der Waals surface area contributed by atoms with Crippen LogP contribution in [0.4, 0.5) is 4.79 Å². The lowest BCUT2D eigenvalue weighted by Gasteiger charge is -2.44. The topological polar surface area (TPSA) is 92.2 Å². The zero-order chi connectivity index (χ0) is 34.0. The van der Waals surface area contributed by atoms with E-state index < -0.39 is 17.8 Å². The molecule has 1 aliphatic carbocycles. The van der Waals surface area contributed by atoms with Gasteiger partial charge in [-0.05, 0) is 76.2 Å².